The Balaban J connectivity index is 4.44. The standard InChI is InChI=1S/C6H13ClN4/c1-10(2)5(7)9-6(8)11(3)4/h8H,1-4H3/p+1/b9-5+. The molecule has 0 radical (unpaired) electrons. The van der Waals surface area contributed by atoms with Crippen LogP contribution in [-0.4, -0.2) is 48.9 Å². The zero-order valence-electron chi connectivity index (χ0n) is 7.30. The first kappa shape index (κ1) is 10.2. The summed E-state index contributed by atoms with van der Waals surface area (Å²) in [5.74, 6) is 0.392. The number of nitrogens with two attached hydrogens (primary N) is 1. The molecule has 0 saturated carbocycles. The Morgan fingerprint density at radius 1 is 1.45 bits per heavy atom. The normalized spacial score (nSPS) is 11.2. The van der Waals surface area contributed by atoms with Crippen LogP contribution >= 0.6 is 11.6 Å². The van der Waals surface area contributed by atoms with Gasteiger partial charge in [0, 0.05) is 14.1 Å². The first-order valence-electron chi connectivity index (χ1n) is 3.16. The van der Waals surface area contributed by atoms with E-state index in [1.807, 2.05) is 0 Å². The second-order valence-corrected chi connectivity index (χ2v) is 2.87. The molecule has 0 saturated heterocycles. The third-order valence-electron chi connectivity index (χ3n) is 1.03. The van der Waals surface area contributed by atoms with Crippen LogP contribution in [0.4, 0.5) is 0 Å². The van der Waals surface area contributed by atoms with Crippen molar-refractivity contribution in [2.45, 2.75) is 0 Å². The molecule has 0 amide bonds. The molecule has 11 heavy (non-hydrogen) atoms. The molecule has 64 valence electrons. The van der Waals surface area contributed by atoms with E-state index >= 15 is 0 Å². The molecule has 0 aliphatic rings. The molecular weight excluding hydrogens is 164 g/mol. The van der Waals surface area contributed by atoms with Crippen molar-refractivity contribution in [3.8, 4) is 0 Å². The van der Waals surface area contributed by atoms with Gasteiger partial charge in [0.05, 0.1) is 14.1 Å². The van der Waals surface area contributed by atoms with Gasteiger partial charge in [0.1, 0.15) is 0 Å². The molecule has 5 heteroatoms. The van der Waals surface area contributed by atoms with Crippen molar-refractivity contribution in [2.75, 3.05) is 28.2 Å². The molecule has 0 aliphatic heterocycles. The summed E-state index contributed by atoms with van der Waals surface area (Å²) in [6.07, 6.45) is 0. The summed E-state index contributed by atoms with van der Waals surface area (Å²) in [6.45, 7) is 0. The molecule has 0 aliphatic carbocycles. The van der Waals surface area contributed by atoms with Crippen LogP contribution in [0, 0.1) is 0 Å². The summed E-state index contributed by atoms with van der Waals surface area (Å²) in [6, 6.07) is 0. The molecule has 0 aromatic rings. The molecule has 4 nitrogen and oxygen atoms in total. The van der Waals surface area contributed by atoms with Crippen molar-refractivity contribution in [1.82, 2.24) is 4.90 Å². The Morgan fingerprint density at radius 3 is 2.18 bits per heavy atom. The SMILES string of the molecule is CN(C)/C(Cl)=N/C(N)=[N+](C)C. The maximum Gasteiger partial charge on any atom is 0.387 e. The van der Waals surface area contributed by atoms with Crippen molar-refractivity contribution >= 4 is 22.9 Å². The highest BCUT2D eigenvalue weighted by atomic mass is 35.5. The fraction of sp³-hybridized carbons (Fsp3) is 0.667. The van der Waals surface area contributed by atoms with Crippen LogP contribution in [0.15, 0.2) is 4.99 Å². The van der Waals surface area contributed by atoms with E-state index in [0.717, 1.165) is 0 Å². The lowest BCUT2D eigenvalue weighted by molar-refractivity contribution is -0.466. The van der Waals surface area contributed by atoms with Crippen molar-refractivity contribution < 1.29 is 4.58 Å². The van der Waals surface area contributed by atoms with Crippen molar-refractivity contribution in [1.29, 1.82) is 0 Å². The van der Waals surface area contributed by atoms with Crippen molar-refractivity contribution in [3.05, 3.63) is 0 Å². The third-order valence-corrected chi connectivity index (χ3v) is 1.46. The van der Waals surface area contributed by atoms with Gasteiger partial charge >= 0.3 is 5.96 Å². The molecule has 0 unspecified atom stereocenters. The van der Waals surface area contributed by atoms with E-state index in [1.54, 1.807) is 37.7 Å². The Morgan fingerprint density at radius 2 is 1.91 bits per heavy atom. The fourth-order valence-corrected chi connectivity index (χ4v) is 0.381. The first-order chi connectivity index (χ1) is 4.95. The summed E-state index contributed by atoms with van der Waals surface area (Å²) < 4.78 is 1.69. The number of hydrogen-bond acceptors (Lipinski definition) is 0. The molecule has 0 heterocycles. The van der Waals surface area contributed by atoms with Gasteiger partial charge in [-0.05, 0) is 16.6 Å². The van der Waals surface area contributed by atoms with Gasteiger partial charge in [-0.1, -0.05) is 0 Å². The van der Waals surface area contributed by atoms with Crippen LogP contribution in [-0.2, 0) is 0 Å². The molecule has 0 rings (SSSR count). The molecule has 2 N–H and O–H groups in total. The molecule has 0 aromatic heterocycles. The Hall–Kier alpha value is -0.770. The van der Waals surface area contributed by atoms with E-state index in [1.165, 1.54) is 0 Å². The van der Waals surface area contributed by atoms with Gasteiger partial charge < -0.3 is 4.90 Å². The van der Waals surface area contributed by atoms with Crippen molar-refractivity contribution in [3.63, 3.8) is 0 Å². The quantitative estimate of drug-likeness (QED) is 0.240. The predicted octanol–water partition coefficient (Wildman–Crippen LogP) is -0.270. The van der Waals surface area contributed by atoms with Crippen LogP contribution in [0.25, 0.3) is 0 Å². The lowest BCUT2D eigenvalue weighted by Crippen LogP contribution is -2.25. The van der Waals surface area contributed by atoms with Crippen LogP contribution in [0.1, 0.15) is 0 Å². The summed E-state index contributed by atoms with van der Waals surface area (Å²) in [7, 11) is 7.21. The van der Waals surface area contributed by atoms with E-state index in [2.05, 4.69) is 4.99 Å². The maximum atomic E-state index is 5.70. The number of aliphatic imine (C=N–C) groups is 1. The van der Waals surface area contributed by atoms with Gasteiger partial charge in [-0.3, -0.25) is 10.3 Å². The van der Waals surface area contributed by atoms with Gasteiger partial charge in [-0.2, -0.15) is 0 Å². The summed E-state index contributed by atoms with van der Waals surface area (Å²) in [5.41, 5.74) is 5.50. The summed E-state index contributed by atoms with van der Waals surface area (Å²) in [4.78, 5) is 5.58. The monoisotopic (exact) mass is 177 g/mol. The number of hydrogen-bond donors (Lipinski definition) is 1. The van der Waals surface area contributed by atoms with Crippen molar-refractivity contribution in [2.24, 2.45) is 10.7 Å². The molecule has 0 atom stereocenters. The Bertz CT molecular complexity index is 191. The van der Waals surface area contributed by atoms with E-state index in [9.17, 15) is 0 Å². The second-order valence-electron chi connectivity index (χ2n) is 2.53. The first-order valence-corrected chi connectivity index (χ1v) is 3.54. The lowest BCUT2D eigenvalue weighted by Gasteiger charge is -2.03. The molecule has 0 fully saturated rings. The van der Waals surface area contributed by atoms with Gasteiger partial charge in [0.15, 0.2) is 0 Å². The largest absolute Gasteiger partial charge is 0.387 e. The fourth-order valence-electron chi connectivity index (χ4n) is 0.295. The minimum atomic E-state index is 0.371. The highest BCUT2D eigenvalue weighted by molar-refractivity contribution is 6.65. The highest BCUT2D eigenvalue weighted by Gasteiger charge is 2.05. The average molecular weight is 178 g/mol. The predicted molar refractivity (Wildman–Crippen MR) is 48.3 cm³/mol. The minimum absolute atomic E-state index is 0.371. The lowest BCUT2D eigenvalue weighted by atomic mass is 10.8. The number of amidine groups is 1. The average Bonchev–Trinajstić information content (AvgIpc) is 1.87. The summed E-state index contributed by atoms with van der Waals surface area (Å²) >= 11 is 5.70. The highest BCUT2D eigenvalue weighted by Crippen LogP contribution is 1.88. The Labute approximate surface area is 72.0 Å². The zero-order chi connectivity index (χ0) is 9.02. The van der Waals surface area contributed by atoms with Gasteiger partial charge in [-0.15, -0.1) is 0 Å². The van der Waals surface area contributed by atoms with Crippen LogP contribution in [0.5, 0.6) is 0 Å². The van der Waals surface area contributed by atoms with Gasteiger partial charge in [0.25, 0.3) is 5.29 Å². The zero-order valence-corrected chi connectivity index (χ0v) is 8.05. The van der Waals surface area contributed by atoms with E-state index in [0.29, 0.717) is 11.3 Å². The molecule has 0 aromatic carbocycles. The van der Waals surface area contributed by atoms with Gasteiger partial charge in [0.2, 0.25) is 0 Å². The number of rotatable bonds is 0. The maximum absolute atomic E-state index is 5.70. The summed E-state index contributed by atoms with van der Waals surface area (Å²) in [5, 5.41) is 0.371. The number of halogens is 1. The van der Waals surface area contributed by atoms with Gasteiger partial charge in [-0.25, -0.2) is 0 Å². The van der Waals surface area contributed by atoms with E-state index < -0.39 is 0 Å². The topological polar surface area (TPSA) is 44.6 Å². The third kappa shape index (κ3) is 3.83. The van der Waals surface area contributed by atoms with E-state index in [-0.39, 0.29) is 0 Å². The number of nitrogens with zero attached hydrogens (tertiary/aromatic N) is 3. The molecular formula is C6H14ClN4+. The number of guanidine groups is 1. The second kappa shape index (κ2) is 4.18. The van der Waals surface area contributed by atoms with Crippen LogP contribution < -0.4 is 5.73 Å². The molecule has 0 spiro atoms. The minimum Gasteiger partial charge on any atom is -0.339 e. The molecule has 0 bridgehead atoms. The van der Waals surface area contributed by atoms with E-state index in [4.69, 9.17) is 17.3 Å². The van der Waals surface area contributed by atoms with Crippen LogP contribution in [0.2, 0.25) is 0 Å². The Kier molecular flexibility index (Phi) is 3.89. The van der Waals surface area contributed by atoms with Crippen LogP contribution in [0.3, 0.4) is 0 Å². The smallest absolute Gasteiger partial charge is 0.339 e.